The van der Waals surface area contributed by atoms with Gasteiger partial charge in [0.25, 0.3) is 0 Å². The van der Waals surface area contributed by atoms with Crippen molar-refractivity contribution in [2.45, 2.75) is 71.6 Å². The summed E-state index contributed by atoms with van der Waals surface area (Å²) >= 11 is 0. The lowest BCUT2D eigenvalue weighted by Crippen LogP contribution is -2.45. The van der Waals surface area contributed by atoms with Crippen molar-refractivity contribution in [3.8, 4) is 0 Å². The summed E-state index contributed by atoms with van der Waals surface area (Å²) in [6.45, 7) is 9.17. The molecule has 0 radical (unpaired) electrons. The molecule has 4 heteroatoms. The third-order valence-electron chi connectivity index (χ3n) is 4.54. The zero-order valence-corrected chi connectivity index (χ0v) is 13.2. The summed E-state index contributed by atoms with van der Waals surface area (Å²) in [5.41, 5.74) is -0.138. The Morgan fingerprint density at radius 2 is 2.00 bits per heavy atom. The molecule has 0 aromatic carbocycles. The van der Waals surface area contributed by atoms with Crippen LogP contribution in [0.4, 0.5) is 0 Å². The maximum Gasteiger partial charge on any atom is 0.122 e. The predicted molar refractivity (Wildman–Crippen MR) is 81.4 cm³/mol. The van der Waals surface area contributed by atoms with E-state index in [4.69, 9.17) is 0 Å². The molecule has 0 saturated heterocycles. The van der Waals surface area contributed by atoms with Crippen LogP contribution in [0, 0.1) is 5.41 Å². The lowest BCUT2D eigenvalue weighted by Gasteiger charge is -2.40. The number of aryl methyl sites for hydroxylation is 1. The first-order valence-electron chi connectivity index (χ1n) is 7.87. The van der Waals surface area contributed by atoms with Crippen LogP contribution in [-0.4, -0.2) is 26.8 Å². The minimum absolute atomic E-state index is 0.392. The van der Waals surface area contributed by atoms with Crippen molar-refractivity contribution in [1.29, 1.82) is 0 Å². The predicted octanol–water partition coefficient (Wildman–Crippen LogP) is 2.71. The lowest BCUT2D eigenvalue weighted by molar-refractivity contribution is -0.0246. The molecule has 1 aromatic rings. The monoisotopic (exact) mass is 279 g/mol. The largest absolute Gasteiger partial charge is 0.389 e. The Hall–Kier alpha value is -0.870. The summed E-state index contributed by atoms with van der Waals surface area (Å²) in [6.07, 6.45) is 9.00. The highest BCUT2D eigenvalue weighted by Crippen LogP contribution is 2.39. The number of imidazole rings is 1. The van der Waals surface area contributed by atoms with Crippen LogP contribution in [0.25, 0.3) is 0 Å². The van der Waals surface area contributed by atoms with Crippen LogP contribution in [0.2, 0.25) is 0 Å². The fraction of sp³-hybridized carbons (Fsp3) is 0.812. The van der Waals surface area contributed by atoms with Crippen molar-refractivity contribution in [3.05, 3.63) is 18.2 Å². The van der Waals surface area contributed by atoms with Crippen molar-refractivity contribution < 1.29 is 5.11 Å². The van der Waals surface area contributed by atoms with Crippen LogP contribution in [0.15, 0.2) is 12.4 Å². The van der Waals surface area contributed by atoms with Gasteiger partial charge in [-0.05, 0) is 37.5 Å². The molecule has 114 valence electrons. The second-order valence-electron chi connectivity index (χ2n) is 7.03. The fourth-order valence-electron chi connectivity index (χ4n) is 2.93. The molecule has 4 nitrogen and oxygen atoms in total. The van der Waals surface area contributed by atoms with E-state index in [0.717, 1.165) is 51.0 Å². The van der Waals surface area contributed by atoms with E-state index in [0.29, 0.717) is 12.0 Å². The van der Waals surface area contributed by atoms with Crippen molar-refractivity contribution in [2.75, 3.05) is 6.54 Å². The van der Waals surface area contributed by atoms with Crippen LogP contribution in [0.1, 0.15) is 58.7 Å². The molecule has 1 heterocycles. The zero-order chi connectivity index (χ0) is 14.6. The number of aromatic nitrogens is 2. The van der Waals surface area contributed by atoms with Gasteiger partial charge in [0.2, 0.25) is 0 Å². The second kappa shape index (κ2) is 6.27. The minimum atomic E-state index is -0.530. The smallest absolute Gasteiger partial charge is 0.122 e. The molecule has 0 amide bonds. The molecule has 2 rings (SSSR count). The van der Waals surface area contributed by atoms with Gasteiger partial charge in [0, 0.05) is 25.5 Å². The first kappa shape index (κ1) is 15.5. The highest BCUT2D eigenvalue weighted by Gasteiger charge is 2.36. The van der Waals surface area contributed by atoms with Gasteiger partial charge < -0.3 is 15.0 Å². The van der Waals surface area contributed by atoms with Crippen LogP contribution >= 0.6 is 0 Å². The molecular weight excluding hydrogens is 250 g/mol. The van der Waals surface area contributed by atoms with Gasteiger partial charge in [0.15, 0.2) is 0 Å². The highest BCUT2D eigenvalue weighted by molar-refractivity contribution is 4.94. The van der Waals surface area contributed by atoms with Gasteiger partial charge in [-0.25, -0.2) is 4.98 Å². The van der Waals surface area contributed by atoms with Gasteiger partial charge in [-0.15, -0.1) is 0 Å². The van der Waals surface area contributed by atoms with Gasteiger partial charge in [-0.3, -0.25) is 0 Å². The molecule has 1 saturated carbocycles. The number of hydrogen-bond acceptors (Lipinski definition) is 3. The second-order valence-corrected chi connectivity index (χ2v) is 7.03. The summed E-state index contributed by atoms with van der Waals surface area (Å²) in [6, 6.07) is 0. The molecule has 2 N–H and O–H groups in total. The van der Waals surface area contributed by atoms with E-state index < -0.39 is 5.60 Å². The Morgan fingerprint density at radius 1 is 1.30 bits per heavy atom. The van der Waals surface area contributed by atoms with E-state index in [2.05, 4.69) is 35.6 Å². The van der Waals surface area contributed by atoms with E-state index in [1.165, 1.54) is 0 Å². The number of nitrogens with zero attached hydrogens (tertiary/aromatic N) is 2. The average molecular weight is 279 g/mol. The SMILES string of the molecule is CCCn1ccnc1CNCC1(O)CCC(C)(C)CC1. The standard InChI is InChI=1S/C16H29N3O/c1-4-10-19-11-9-18-14(19)12-17-13-16(20)7-5-15(2,3)6-8-16/h9,11,17,20H,4-8,10,12-13H2,1-3H3. The lowest BCUT2D eigenvalue weighted by atomic mass is 9.71. The van der Waals surface area contributed by atoms with Gasteiger partial charge >= 0.3 is 0 Å². The Balaban J connectivity index is 1.79. The van der Waals surface area contributed by atoms with Gasteiger partial charge in [0.05, 0.1) is 12.1 Å². The molecule has 0 atom stereocenters. The first-order chi connectivity index (χ1) is 9.44. The van der Waals surface area contributed by atoms with Crippen LogP contribution in [0.3, 0.4) is 0 Å². The van der Waals surface area contributed by atoms with Gasteiger partial charge in [-0.1, -0.05) is 20.8 Å². The van der Waals surface area contributed by atoms with Gasteiger partial charge in [0.1, 0.15) is 5.82 Å². The van der Waals surface area contributed by atoms with E-state index in [-0.39, 0.29) is 0 Å². The molecule has 20 heavy (non-hydrogen) atoms. The maximum absolute atomic E-state index is 10.6. The summed E-state index contributed by atoms with van der Waals surface area (Å²) in [4.78, 5) is 4.38. The number of aliphatic hydroxyl groups is 1. The highest BCUT2D eigenvalue weighted by atomic mass is 16.3. The molecule has 1 aliphatic rings. The molecule has 0 aliphatic heterocycles. The van der Waals surface area contributed by atoms with Crippen LogP contribution in [0.5, 0.6) is 0 Å². The normalized spacial score (nSPS) is 21.0. The fourth-order valence-corrected chi connectivity index (χ4v) is 2.93. The van der Waals surface area contributed by atoms with Gasteiger partial charge in [-0.2, -0.15) is 0 Å². The van der Waals surface area contributed by atoms with E-state index in [1.807, 2.05) is 12.4 Å². The maximum atomic E-state index is 10.6. The summed E-state index contributed by atoms with van der Waals surface area (Å²) < 4.78 is 2.18. The Bertz CT molecular complexity index is 415. The molecule has 0 bridgehead atoms. The Kier molecular flexibility index (Phi) is 4.86. The van der Waals surface area contributed by atoms with E-state index >= 15 is 0 Å². The number of hydrogen-bond donors (Lipinski definition) is 2. The van der Waals surface area contributed by atoms with E-state index in [1.54, 1.807) is 0 Å². The zero-order valence-electron chi connectivity index (χ0n) is 13.2. The molecule has 1 aliphatic carbocycles. The van der Waals surface area contributed by atoms with E-state index in [9.17, 15) is 5.11 Å². The van der Waals surface area contributed by atoms with Crippen LogP contribution in [-0.2, 0) is 13.1 Å². The molecule has 1 aromatic heterocycles. The summed E-state index contributed by atoms with van der Waals surface area (Å²) in [5, 5.41) is 14.0. The number of nitrogens with one attached hydrogen (secondary N) is 1. The summed E-state index contributed by atoms with van der Waals surface area (Å²) in [5.74, 6) is 1.06. The van der Waals surface area contributed by atoms with Crippen molar-refractivity contribution in [3.63, 3.8) is 0 Å². The molecule has 0 unspecified atom stereocenters. The molecule has 1 fully saturated rings. The molecular formula is C16H29N3O. The van der Waals surface area contributed by atoms with Crippen molar-refractivity contribution in [1.82, 2.24) is 14.9 Å². The molecule has 0 spiro atoms. The van der Waals surface area contributed by atoms with Crippen LogP contribution < -0.4 is 5.32 Å². The minimum Gasteiger partial charge on any atom is -0.389 e. The first-order valence-corrected chi connectivity index (χ1v) is 7.87. The topological polar surface area (TPSA) is 50.1 Å². The average Bonchev–Trinajstić information content (AvgIpc) is 2.82. The number of rotatable bonds is 6. The third kappa shape index (κ3) is 4.06. The quantitative estimate of drug-likeness (QED) is 0.842. The van der Waals surface area contributed by atoms with Crippen molar-refractivity contribution in [2.24, 2.45) is 5.41 Å². The third-order valence-corrected chi connectivity index (χ3v) is 4.54. The Labute approximate surface area is 122 Å². The Morgan fingerprint density at radius 3 is 2.65 bits per heavy atom. The summed E-state index contributed by atoms with van der Waals surface area (Å²) in [7, 11) is 0. The van der Waals surface area contributed by atoms with Crippen molar-refractivity contribution >= 4 is 0 Å².